The Morgan fingerprint density at radius 2 is 2.16 bits per heavy atom. The smallest absolute Gasteiger partial charge is 0.194 e. The fourth-order valence-corrected chi connectivity index (χ4v) is 2.21. The SMILES string of the molecule is CCNC(=NCCCCC(C)C)N1CC[C@@H](O)C1.I. The molecule has 114 valence electrons. The third-order valence-electron chi connectivity index (χ3n) is 3.25. The van der Waals surface area contributed by atoms with Crippen LogP contribution in [0.2, 0.25) is 0 Å². The summed E-state index contributed by atoms with van der Waals surface area (Å²) in [6.45, 7) is 10.0. The van der Waals surface area contributed by atoms with Gasteiger partial charge in [-0.3, -0.25) is 4.99 Å². The normalized spacial score (nSPS) is 19.7. The molecule has 1 saturated heterocycles. The number of hydrogen-bond acceptors (Lipinski definition) is 2. The topological polar surface area (TPSA) is 47.9 Å². The molecule has 1 aliphatic rings. The standard InChI is InChI=1S/C14H29N3O.HI/c1-4-15-14(17-10-8-13(18)11-17)16-9-6-5-7-12(2)3;/h12-13,18H,4-11H2,1-3H3,(H,15,16);1H/t13-;/m1./s1. The molecule has 1 fully saturated rings. The minimum Gasteiger partial charge on any atom is -0.391 e. The Kier molecular flexibility index (Phi) is 10.7. The molecule has 0 bridgehead atoms. The lowest BCUT2D eigenvalue weighted by Gasteiger charge is -2.20. The number of hydrogen-bond donors (Lipinski definition) is 2. The highest BCUT2D eigenvalue weighted by Gasteiger charge is 2.22. The maximum atomic E-state index is 9.56. The van der Waals surface area contributed by atoms with Crippen molar-refractivity contribution in [2.24, 2.45) is 10.9 Å². The van der Waals surface area contributed by atoms with Crippen LogP contribution in [-0.4, -0.2) is 48.2 Å². The number of nitrogens with zero attached hydrogens (tertiary/aromatic N) is 2. The summed E-state index contributed by atoms with van der Waals surface area (Å²) in [5.74, 6) is 1.76. The van der Waals surface area contributed by atoms with Crippen LogP contribution in [0, 0.1) is 5.92 Å². The Morgan fingerprint density at radius 3 is 2.68 bits per heavy atom. The van der Waals surface area contributed by atoms with Crippen molar-refractivity contribution >= 4 is 29.9 Å². The number of halogens is 1. The predicted molar refractivity (Wildman–Crippen MR) is 92.3 cm³/mol. The molecule has 0 unspecified atom stereocenters. The molecule has 0 aromatic heterocycles. The van der Waals surface area contributed by atoms with E-state index in [1.807, 2.05) is 0 Å². The second-order valence-electron chi connectivity index (χ2n) is 5.51. The van der Waals surface area contributed by atoms with Crippen LogP contribution in [0.4, 0.5) is 0 Å². The molecule has 0 spiro atoms. The third kappa shape index (κ3) is 7.97. The van der Waals surface area contributed by atoms with Gasteiger partial charge in [-0.2, -0.15) is 0 Å². The van der Waals surface area contributed by atoms with E-state index in [0.717, 1.165) is 50.9 Å². The van der Waals surface area contributed by atoms with Gasteiger partial charge in [0.15, 0.2) is 5.96 Å². The number of rotatable bonds is 6. The molecular weight excluding hydrogens is 353 g/mol. The second kappa shape index (κ2) is 10.7. The molecule has 1 heterocycles. The fourth-order valence-electron chi connectivity index (χ4n) is 2.21. The van der Waals surface area contributed by atoms with E-state index in [-0.39, 0.29) is 30.1 Å². The van der Waals surface area contributed by atoms with E-state index >= 15 is 0 Å². The highest BCUT2D eigenvalue weighted by molar-refractivity contribution is 14.0. The monoisotopic (exact) mass is 383 g/mol. The molecule has 5 heteroatoms. The lowest BCUT2D eigenvalue weighted by molar-refractivity contribution is 0.188. The summed E-state index contributed by atoms with van der Waals surface area (Å²) >= 11 is 0. The van der Waals surface area contributed by atoms with Crippen LogP contribution in [0.3, 0.4) is 0 Å². The molecule has 19 heavy (non-hydrogen) atoms. The third-order valence-corrected chi connectivity index (χ3v) is 3.25. The molecule has 0 aromatic carbocycles. The number of aliphatic hydroxyl groups is 1. The maximum absolute atomic E-state index is 9.56. The van der Waals surface area contributed by atoms with Gasteiger partial charge < -0.3 is 15.3 Å². The van der Waals surface area contributed by atoms with Crippen LogP contribution in [0.5, 0.6) is 0 Å². The van der Waals surface area contributed by atoms with Crippen LogP contribution in [-0.2, 0) is 0 Å². The maximum Gasteiger partial charge on any atom is 0.194 e. The van der Waals surface area contributed by atoms with Crippen LogP contribution in [0.1, 0.15) is 46.5 Å². The summed E-state index contributed by atoms with van der Waals surface area (Å²) in [6.07, 6.45) is 4.37. The molecule has 0 saturated carbocycles. The first-order valence-electron chi connectivity index (χ1n) is 7.34. The number of nitrogens with one attached hydrogen (secondary N) is 1. The van der Waals surface area contributed by atoms with Crippen molar-refractivity contribution in [3.63, 3.8) is 0 Å². The van der Waals surface area contributed by atoms with Crippen LogP contribution < -0.4 is 5.32 Å². The van der Waals surface area contributed by atoms with E-state index in [2.05, 4.69) is 36.0 Å². The largest absolute Gasteiger partial charge is 0.391 e. The van der Waals surface area contributed by atoms with Gasteiger partial charge in [-0.05, 0) is 25.7 Å². The van der Waals surface area contributed by atoms with Crippen molar-refractivity contribution in [3.05, 3.63) is 0 Å². The predicted octanol–water partition coefficient (Wildman–Crippen LogP) is 2.46. The van der Waals surface area contributed by atoms with E-state index in [1.165, 1.54) is 12.8 Å². The van der Waals surface area contributed by atoms with Gasteiger partial charge in [0.2, 0.25) is 0 Å². The molecule has 0 radical (unpaired) electrons. The van der Waals surface area contributed by atoms with Gasteiger partial charge in [0.05, 0.1) is 6.10 Å². The summed E-state index contributed by atoms with van der Waals surface area (Å²) in [6, 6.07) is 0. The summed E-state index contributed by atoms with van der Waals surface area (Å²) in [4.78, 5) is 6.81. The lowest BCUT2D eigenvalue weighted by atomic mass is 10.1. The molecule has 0 aliphatic carbocycles. The second-order valence-corrected chi connectivity index (χ2v) is 5.51. The summed E-state index contributed by atoms with van der Waals surface area (Å²) in [5.41, 5.74) is 0. The van der Waals surface area contributed by atoms with E-state index < -0.39 is 0 Å². The highest BCUT2D eigenvalue weighted by atomic mass is 127. The number of unbranched alkanes of at least 4 members (excludes halogenated alkanes) is 1. The molecule has 2 N–H and O–H groups in total. The average molecular weight is 383 g/mol. The zero-order valence-corrected chi connectivity index (χ0v) is 14.9. The van der Waals surface area contributed by atoms with Crippen molar-refractivity contribution in [2.75, 3.05) is 26.2 Å². The number of guanidine groups is 1. The minimum absolute atomic E-state index is 0. The Bertz CT molecular complexity index is 259. The van der Waals surface area contributed by atoms with Crippen LogP contribution in [0.25, 0.3) is 0 Å². The average Bonchev–Trinajstić information content (AvgIpc) is 2.73. The van der Waals surface area contributed by atoms with Crippen molar-refractivity contribution in [1.29, 1.82) is 0 Å². The Hall–Kier alpha value is -0.0400. The van der Waals surface area contributed by atoms with Gasteiger partial charge in [0.1, 0.15) is 0 Å². The first-order valence-corrected chi connectivity index (χ1v) is 7.34. The van der Waals surface area contributed by atoms with Gasteiger partial charge in [-0.15, -0.1) is 24.0 Å². The number of likely N-dealkylation sites (tertiary alicyclic amines) is 1. The first kappa shape index (κ1) is 19.0. The lowest BCUT2D eigenvalue weighted by Crippen LogP contribution is -2.40. The molecule has 1 aliphatic heterocycles. The first-order chi connectivity index (χ1) is 8.63. The number of β-amino-alcohol motifs (C(OH)–C–C–N with tert-alkyl or cyclic N) is 1. The zero-order chi connectivity index (χ0) is 13.4. The molecule has 4 nitrogen and oxygen atoms in total. The van der Waals surface area contributed by atoms with E-state index in [0.29, 0.717) is 0 Å². The Balaban J connectivity index is 0.00000324. The highest BCUT2D eigenvalue weighted by Crippen LogP contribution is 2.09. The summed E-state index contributed by atoms with van der Waals surface area (Å²) in [7, 11) is 0. The fraction of sp³-hybridized carbons (Fsp3) is 0.929. The number of aliphatic hydroxyl groups excluding tert-OH is 1. The molecule has 0 aromatic rings. The van der Waals surface area contributed by atoms with Crippen LogP contribution in [0.15, 0.2) is 4.99 Å². The van der Waals surface area contributed by atoms with Crippen molar-refractivity contribution in [1.82, 2.24) is 10.2 Å². The van der Waals surface area contributed by atoms with Crippen molar-refractivity contribution in [3.8, 4) is 0 Å². The van der Waals surface area contributed by atoms with E-state index in [4.69, 9.17) is 0 Å². The molecular formula is C14H30IN3O. The Morgan fingerprint density at radius 1 is 1.42 bits per heavy atom. The number of aliphatic imine (C=N–C) groups is 1. The molecule has 0 amide bonds. The molecule has 1 atom stereocenters. The van der Waals surface area contributed by atoms with Crippen LogP contribution >= 0.6 is 24.0 Å². The van der Waals surface area contributed by atoms with Gasteiger partial charge in [0, 0.05) is 26.2 Å². The van der Waals surface area contributed by atoms with Crippen molar-refractivity contribution in [2.45, 2.75) is 52.6 Å². The Labute approximate surface area is 135 Å². The van der Waals surface area contributed by atoms with Gasteiger partial charge >= 0.3 is 0 Å². The van der Waals surface area contributed by atoms with Crippen molar-refractivity contribution < 1.29 is 5.11 Å². The van der Waals surface area contributed by atoms with E-state index in [9.17, 15) is 5.11 Å². The van der Waals surface area contributed by atoms with Gasteiger partial charge in [-0.1, -0.05) is 26.7 Å². The van der Waals surface area contributed by atoms with Gasteiger partial charge in [-0.25, -0.2) is 0 Å². The summed E-state index contributed by atoms with van der Waals surface area (Å²) < 4.78 is 0. The molecule has 1 rings (SSSR count). The van der Waals surface area contributed by atoms with Gasteiger partial charge in [0.25, 0.3) is 0 Å². The minimum atomic E-state index is -0.185. The summed E-state index contributed by atoms with van der Waals surface area (Å²) in [5, 5.41) is 12.9. The van der Waals surface area contributed by atoms with E-state index in [1.54, 1.807) is 0 Å². The zero-order valence-electron chi connectivity index (χ0n) is 12.6. The quantitative estimate of drug-likeness (QED) is 0.321.